The maximum Gasteiger partial charge on any atom is 0.249 e. The van der Waals surface area contributed by atoms with Gasteiger partial charge in [-0.2, -0.15) is 0 Å². The Hall–Kier alpha value is -2.29. The minimum Gasteiger partial charge on any atom is -0.366 e. The first-order chi connectivity index (χ1) is 11.3. The number of benzene rings is 2. The second-order valence-electron chi connectivity index (χ2n) is 6.61. The van der Waals surface area contributed by atoms with Crippen LogP contribution in [0.2, 0.25) is 0 Å². The van der Waals surface area contributed by atoms with Gasteiger partial charge in [-0.1, -0.05) is 37.5 Å². The summed E-state index contributed by atoms with van der Waals surface area (Å²) >= 11 is 0. The normalized spacial score (nSPS) is 16.2. The number of hydrogen-bond acceptors (Lipinski definition) is 1. The van der Waals surface area contributed by atoms with Crippen molar-refractivity contribution in [3.8, 4) is 0 Å². The van der Waals surface area contributed by atoms with Crippen LogP contribution in [0.15, 0.2) is 36.4 Å². The van der Waals surface area contributed by atoms with E-state index in [2.05, 4.69) is 22.8 Å². The van der Waals surface area contributed by atoms with Gasteiger partial charge in [-0.05, 0) is 43.0 Å². The molecule has 3 nitrogen and oxygen atoms in total. The van der Waals surface area contributed by atoms with Gasteiger partial charge >= 0.3 is 0 Å². The molecule has 2 N–H and O–H groups in total. The van der Waals surface area contributed by atoms with Crippen LogP contribution in [-0.2, 0) is 6.54 Å². The lowest BCUT2D eigenvalue weighted by atomic mass is 9.89. The molecule has 1 aliphatic rings. The highest BCUT2D eigenvalue weighted by Crippen LogP contribution is 2.34. The van der Waals surface area contributed by atoms with E-state index in [4.69, 9.17) is 5.73 Å². The number of nitrogens with zero attached hydrogens (tertiary/aromatic N) is 1. The molecule has 1 saturated carbocycles. The molecular formula is C20H21N2O. The van der Waals surface area contributed by atoms with Crippen molar-refractivity contribution in [2.45, 2.75) is 38.6 Å². The van der Waals surface area contributed by atoms with Crippen LogP contribution in [0.3, 0.4) is 0 Å². The van der Waals surface area contributed by atoms with E-state index in [1.807, 2.05) is 24.3 Å². The lowest BCUT2D eigenvalue weighted by Gasteiger charge is -2.23. The molecular weight excluding hydrogens is 284 g/mol. The maximum absolute atomic E-state index is 11.9. The summed E-state index contributed by atoms with van der Waals surface area (Å²) in [5.41, 5.74) is 8.45. The van der Waals surface area contributed by atoms with Crippen LogP contribution in [0.4, 0.5) is 0 Å². The third-order valence-corrected chi connectivity index (χ3v) is 5.14. The monoisotopic (exact) mass is 305 g/mol. The van der Waals surface area contributed by atoms with Gasteiger partial charge in [0.05, 0.1) is 0 Å². The van der Waals surface area contributed by atoms with Crippen LogP contribution in [0, 0.1) is 12.0 Å². The molecule has 0 atom stereocenters. The highest BCUT2D eigenvalue weighted by molar-refractivity contribution is 6.17. The summed E-state index contributed by atoms with van der Waals surface area (Å²) in [5, 5.41) is 1.96. The molecule has 117 valence electrons. The Bertz CT molecular complexity index is 872. The number of aromatic nitrogens is 1. The molecule has 0 spiro atoms. The van der Waals surface area contributed by atoms with Crippen LogP contribution in [-0.4, -0.2) is 10.5 Å². The lowest BCUT2D eigenvalue weighted by molar-refractivity contribution is 0.100. The smallest absolute Gasteiger partial charge is 0.249 e. The Balaban J connectivity index is 1.94. The summed E-state index contributed by atoms with van der Waals surface area (Å²) in [4.78, 5) is 11.9. The van der Waals surface area contributed by atoms with Gasteiger partial charge in [0, 0.05) is 33.9 Å². The Morgan fingerprint density at radius 1 is 1.13 bits per heavy atom. The second-order valence-corrected chi connectivity index (χ2v) is 6.61. The van der Waals surface area contributed by atoms with Gasteiger partial charge in [0.15, 0.2) is 0 Å². The first-order valence-corrected chi connectivity index (χ1v) is 8.47. The number of primary amides is 1. The minimum atomic E-state index is -0.371. The number of carbonyl (C=O) groups excluding carboxylic acids is 1. The molecule has 3 heteroatoms. The van der Waals surface area contributed by atoms with Gasteiger partial charge in [-0.25, -0.2) is 0 Å². The summed E-state index contributed by atoms with van der Waals surface area (Å²) in [6.45, 7) is 1.01. The lowest BCUT2D eigenvalue weighted by Crippen LogP contribution is -2.14. The number of amides is 1. The van der Waals surface area contributed by atoms with E-state index in [9.17, 15) is 4.79 Å². The molecule has 23 heavy (non-hydrogen) atoms. The molecule has 1 radical (unpaired) electrons. The highest BCUT2D eigenvalue weighted by atomic mass is 16.1. The van der Waals surface area contributed by atoms with E-state index in [1.54, 1.807) is 0 Å². The molecule has 4 rings (SSSR count). The molecule has 0 unspecified atom stereocenters. The van der Waals surface area contributed by atoms with Crippen molar-refractivity contribution >= 4 is 27.7 Å². The van der Waals surface area contributed by atoms with Crippen molar-refractivity contribution in [1.82, 2.24) is 4.57 Å². The summed E-state index contributed by atoms with van der Waals surface area (Å²) < 4.78 is 2.36. The summed E-state index contributed by atoms with van der Waals surface area (Å²) in [5.74, 6) is 0.351. The Kier molecular flexibility index (Phi) is 3.56. The standard InChI is InChI=1S/C20H21N2O/c21-20(23)16-10-6-12-18-19(16)15-9-4-5-11-17(15)22(18)13-14-7-2-1-3-8-14/h4-6,10-12,14H,1-3,7-8,13H2,(H2,21,23). The van der Waals surface area contributed by atoms with Gasteiger partial charge in [0.2, 0.25) is 5.91 Å². The average Bonchev–Trinajstić information content (AvgIpc) is 2.90. The Morgan fingerprint density at radius 2 is 1.91 bits per heavy atom. The number of carbonyl (C=O) groups is 1. The highest BCUT2D eigenvalue weighted by Gasteiger charge is 2.19. The molecule has 1 aliphatic carbocycles. The van der Waals surface area contributed by atoms with Crippen molar-refractivity contribution < 1.29 is 4.79 Å². The molecule has 2 aromatic carbocycles. The van der Waals surface area contributed by atoms with Gasteiger partial charge in [0.25, 0.3) is 0 Å². The topological polar surface area (TPSA) is 48.0 Å². The first-order valence-electron chi connectivity index (χ1n) is 8.47. The molecule has 0 bridgehead atoms. The van der Waals surface area contributed by atoms with Crippen LogP contribution in [0.25, 0.3) is 21.8 Å². The fourth-order valence-corrected chi connectivity index (χ4v) is 4.04. The molecule has 0 saturated heterocycles. The summed E-state index contributed by atoms with van der Waals surface area (Å²) in [7, 11) is 0. The molecule has 3 aromatic rings. The Morgan fingerprint density at radius 3 is 2.70 bits per heavy atom. The van der Waals surface area contributed by atoms with E-state index in [1.165, 1.54) is 32.1 Å². The fraction of sp³-hybridized carbons (Fsp3) is 0.350. The van der Waals surface area contributed by atoms with E-state index < -0.39 is 0 Å². The molecule has 1 fully saturated rings. The zero-order valence-corrected chi connectivity index (χ0v) is 13.2. The quantitative estimate of drug-likeness (QED) is 0.771. The van der Waals surface area contributed by atoms with Gasteiger partial charge < -0.3 is 10.3 Å². The van der Waals surface area contributed by atoms with Crippen LogP contribution in [0.1, 0.15) is 42.5 Å². The van der Waals surface area contributed by atoms with E-state index >= 15 is 0 Å². The zero-order chi connectivity index (χ0) is 15.8. The predicted molar refractivity (Wildman–Crippen MR) is 93.4 cm³/mol. The average molecular weight is 305 g/mol. The molecule has 1 heterocycles. The molecule has 1 amide bonds. The summed E-state index contributed by atoms with van der Waals surface area (Å²) in [6.07, 6.45) is 6.63. The number of nitrogens with two attached hydrogens (primary N) is 1. The van der Waals surface area contributed by atoms with Crippen molar-refractivity contribution in [3.63, 3.8) is 0 Å². The van der Waals surface area contributed by atoms with Gasteiger partial charge in [0.1, 0.15) is 0 Å². The predicted octanol–water partition coefficient (Wildman–Crippen LogP) is 4.27. The number of rotatable bonds is 3. The number of fused-ring (bicyclic) bond motifs is 3. The van der Waals surface area contributed by atoms with Crippen molar-refractivity contribution in [2.75, 3.05) is 0 Å². The van der Waals surface area contributed by atoms with Gasteiger partial charge in [-0.15, -0.1) is 0 Å². The van der Waals surface area contributed by atoms with Crippen molar-refractivity contribution in [1.29, 1.82) is 0 Å². The van der Waals surface area contributed by atoms with Crippen LogP contribution < -0.4 is 5.73 Å². The third kappa shape index (κ3) is 2.40. The minimum absolute atomic E-state index is 0.371. The second kappa shape index (κ2) is 5.73. The molecule has 1 aromatic heterocycles. The SMILES string of the molecule is NC(=O)c1cccc2c1c1[c]cccc1n2CC1CCCCC1. The van der Waals surface area contributed by atoms with Crippen LogP contribution >= 0.6 is 0 Å². The van der Waals surface area contributed by atoms with Crippen molar-refractivity contribution in [2.24, 2.45) is 11.7 Å². The van der Waals surface area contributed by atoms with Gasteiger partial charge in [-0.3, -0.25) is 4.79 Å². The molecule has 0 aliphatic heterocycles. The van der Waals surface area contributed by atoms with E-state index in [0.29, 0.717) is 5.56 Å². The zero-order valence-electron chi connectivity index (χ0n) is 13.2. The maximum atomic E-state index is 11.9. The first kappa shape index (κ1) is 14.3. The fourth-order valence-electron chi connectivity index (χ4n) is 4.04. The van der Waals surface area contributed by atoms with E-state index in [0.717, 1.165) is 34.3 Å². The largest absolute Gasteiger partial charge is 0.366 e. The van der Waals surface area contributed by atoms with Crippen molar-refractivity contribution in [3.05, 3.63) is 48.0 Å². The summed E-state index contributed by atoms with van der Waals surface area (Å²) in [6, 6.07) is 15.2. The van der Waals surface area contributed by atoms with E-state index in [-0.39, 0.29) is 5.91 Å². The third-order valence-electron chi connectivity index (χ3n) is 5.14. The Labute approximate surface area is 136 Å². The number of hydrogen-bond donors (Lipinski definition) is 1. The van der Waals surface area contributed by atoms with Crippen LogP contribution in [0.5, 0.6) is 0 Å².